The van der Waals surface area contributed by atoms with Crippen molar-refractivity contribution in [3.05, 3.63) is 28.2 Å². The molecule has 0 heterocycles. The summed E-state index contributed by atoms with van der Waals surface area (Å²) in [6, 6.07) is 4.71. The van der Waals surface area contributed by atoms with E-state index in [1.807, 2.05) is 0 Å². The van der Waals surface area contributed by atoms with Gasteiger partial charge in [0, 0.05) is 0 Å². The minimum absolute atomic E-state index is 0.120. The molecule has 24 heavy (non-hydrogen) atoms. The van der Waals surface area contributed by atoms with Crippen LogP contribution in [0.3, 0.4) is 0 Å². The average Bonchev–Trinajstić information content (AvgIpc) is 2.54. The van der Waals surface area contributed by atoms with Gasteiger partial charge in [0.1, 0.15) is 5.02 Å². The molecule has 0 aromatic heterocycles. The molecule has 4 nitrogen and oxygen atoms in total. The molecule has 1 aromatic carbocycles. The van der Waals surface area contributed by atoms with E-state index < -0.39 is 17.4 Å². The van der Waals surface area contributed by atoms with E-state index in [-0.39, 0.29) is 15.8 Å². The molecular formula is C18H24Cl2O4. The zero-order valence-electron chi connectivity index (χ0n) is 14.4. The highest BCUT2D eigenvalue weighted by molar-refractivity contribution is 6.43. The highest BCUT2D eigenvalue weighted by atomic mass is 35.5. The second-order valence-electron chi connectivity index (χ2n) is 6.12. The van der Waals surface area contributed by atoms with Crippen molar-refractivity contribution in [2.75, 3.05) is 6.61 Å². The molecule has 0 saturated heterocycles. The lowest BCUT2D eigenvalue weighted by molar-refractivity contribution is -0.164. The second-order valence-corrected chi connectivity index (χ2v) is 6.90. The highest BCUT2D eigenvalue weighted by Crippen LogP contribution is 2.33. The topological polar surface area (TPSA) is 52.6 Å². The predicted octanol–water partition coefficient (Wildman–Crippen LogP) is 5.44. The number of rotatable bonds is 9. The lowest BCUT2D eigenvalue weighted by atomic mass is 9.94. The molecule has 0 spiro atoms. The Hall–Kier alpha value is -1.26. The molecule has 0 bridgehead atoms. The van der Waals surface area contributed by atoms with Gasteiger partial charge in [-0.1, -0.05) is 61.9 Å². The summed E-state index contributed by atoms with van der Waals surface area (Å²) in [6.07, 6.45) is 5.24. The van der Waals surface area contributed by atoms with Gasteiger partial charge in [0.05, 0.1) is 11.6 Å². The monoisotopic (exact) mass is 374 g/mol. The maximum Gasteiger partial charge on any atom is 0.328 e. The summed E-state index contributed by atoms with van der Waals surface area (Å²) in [5.74, 6) is -1.22. The van der Waals surface area contributed by atoms with E-state index in [9.17, 15) is 9.59 Å². The normalized spacial score (nSPS) is 11.2. The largest absolute Gasteiger partial charge is 0.465 e. The smallest absolute Gasteiger partial charge is 0.328 e. The molecule has 0 aliphatic rings. The number of unbranched alkanes of at least 4 members (excludes halogenated alkanes) is 4. The SMILES string of the molecule is CCCCCCCOC(=O)C(C)(C)C(=O)Oc1cccc(Cl)c1Cl. The number of ether oxygens (including phenoxy) is 2. The summed E-state index contributed by atoms with van der Waals surface area (Å²) in [7, 11) is 0. The Kier molecular flexibility index (Phi) is 8.57. The Morgan fingerprint density at radius 1 is 1.04 bits per heavy atom. The van der Waals surface area contributed by atoms with Gasteiger partial charge in [-0.05, 0) is 32.4 Å². The number of hydrogen-bond donors (Lipinski definition) is 0. The molecular weight excluding hydrogens is 351 g/mol. The Balaban J connectivity index is 2.54. The van der Waals surface area contributed by atoms with Gasteiger partial charge in [-0.2, -0.15) is 0 Å². The molecule has 0 aliphatic heterocycles. The Morgan fingerprint density at radius 2 is 1.71 bits per heavy atom. The first-order valence-electron chi connectivity index (χ1n) is 8.14. The third kappa shape index (κ3) is 5.99. The standard InChI is InChI=1S/C18H24Cl2O4/c1-4-5-6-7-8-12-23-16(21)18(2,3)17(22)24-14-11-9-10-13(19)15(14)20/h9-11H,4-8,12H2,1-3H3. The first-order valence-corrected chi connectivity index (χ1v) is 8.89. The van der Waals surface area contributed by atoms with E-state index in [2.05, 4.69) is 6.92 Å². The van der Waals surface area contributed by atoms with Gasteiger partial charge < -0.3 is 9.47 Å². The molecule has 0 amide bonds. The molecule has 1 aromatic rings. The van der Waals surface area contributed by atoms with Crippen LogP contribution < -0.4 is 4.74 Å². The summed E-state index contributed by atoms with van der Waals surface area (Å²) in [5, 5.41) is 0.405. The van der Waals surface area contributed by atoms with Crippen LogP contribution in [-0.2, 0) is 14.3 Å². The molecule has 0 fully saturated rings. The fraction of sp³-hybridized carbons (Fsp3) is 0.556. The van der Waals surface area contributed by atoms with Crippen LogP contribution in [0.25, 0.3) is 0 Å². The molecule has 0 unspecified atom stereocenters. The summed E-state index contributed by atoms with van der Waals surface area (Å²) in [4.78, 5) is 24.4. The van der Waals surface area contributed by atoms with E-state index in [1.54, 1.807) is 12.1 Å². The summed E-state index contributed by atoms with van der Waals surface area (Å²) < 4.78 is 10.4. The molecule has 1 rings (SSSR count). The molecule has 6 heteroatoms. The summed E-state index contributed by atoms with van der Waals surface area (Å²) >= 11 is 11.9. The van der Waals surface area contributed by atoms with E-state index in [0.717, 1.165) is 25.7 Å². The molecule has 0 saturated carbocycles. The molecule has 0 atom stereocenters. The van der Waals surface area contributed by atoms with Crippen molar-refractivity contribution >= 4 is 35.1 Å². The van der Waals surface area contributed by atoms with Crippen LogP contribution in [0, 0.1) is 5.41 Å². The molecule has 134 valence electrons. The van der Waals surface area contributed by atoms with E-state index in [4.69, 9.17) is 32.7 Å². The van der Waals surface area contributed by atoms with Crippen LogP contribution in [0.15, 0.2) is 18.2 Å². The van der Waals surface area contributed by atoms with Gasteiger partial charge in [-0.3, -0.25) is 9.59 Å². The zero-order chi connectivity index (χ0) is 18.2. The van der Waals surface area contributed by atoms with Gasteiger partial charge in [0.2, 0.25) is 0 Å². The van der Waals surface area contributed by atoms with Crippen LogP contribution in [-0.4, -0.2) is 18.5 Å². The van der Waals surface area contributed by atoms with Crippen LogP contribution in [0.2, 0.25) is 10.0 Å². The van der Waals surface area contributed by atoms with Gasteiger partial charge >= 0.3 is 11.9 Å². The van der Waals surface area contributed by atoms with Crippen LogP contribution >= 0.6 is 23.2 Å². The van der Waals surface area contributed by atoms with Gasteiger partial charge in [-0.25, -0.2) is 0 Å². The van der Waals surface area contributed by atoms with Gasteiger partial charge in [-0.15, -0.1) is 0 Å². The fourth-order valence-electron chi connectivity index (χ4n) is 1.92. The second kappa shape index (κ2) is 9.90. The Labute approximate surface area is 153 Å². The van der Waals surface area contributed by atoms with Crippen molar-refractivity contribution in [3.63, 3.8) is 0 Å². The zero-order valence-corrected chi connectivity index (χ0v) is 15.9. The van der Waals surface area contributed by atoms with Crippen LogP contribution in [0.4, 0.5) is 0 Å². The number of benzene rings is 1. The third-order valence-corrected chi connectivity index (χ3v) is 4.42. The van der Waals surface area contributed by atoms with Gasteiger partial charge in [0.15, 0.2) is 11.2 Å². The third-order valence-electron chi connectivity index (χ3n) is 3.62. The lowest BCUT2D eigenvalue weighted by Gasteiger charge is -2.21. The van der Waals surface area contributed by atoms with Crippen molar-refractivity contribution in [1.82, 2.24) is 0 Å². The number of carbonyl (C=O) groups excluding carboxylic acids is 2. The lowest BCUT2D eigenvalue weighted by Crippen LogP contribution is -2.38. The van der Waals surface area contributed by atoms with Crippen LogP contribution in [0.5, 0.6) is 5.75 Å². The molecule has 0 N–H and O–H groups in total. The maximum absolute atomic E-state index is 12.3. The maximum atomic E-state index is 12.3. The average molecular weight is 375 g/mol. The quantitative estimate of drug-likeness (QED) is 0.250. The van der Waals surface area contributed by atoms with Crippen molar-refractivity contribution < 1.29 is 19.1 Å². The van der Waals surface area contributed by atoms with Gasteiger partial charge in [0.25, 0.3) is 0 Å². The highest BCUT2D eigenvalue weighted by Gasteiger charge is 2.40. The van der Waals surface area contributed by atoms with Crippen molar-refractivity contribution in [3.8, 4) is 5.75 Å². The van der Waals surface area contributed by atoms with Crippen molar-refractivity contribution in [1.29, 1.82) is 0 Å². The Morgan fingerprint density at radius 3 is 2.38 bits per heavy atom. The van der Waals surface area contributed by atoms with E-state index in [0.29, 0.717) is 6.61 Å². The first-order chi connectivity index (χ1) is 11.3. The van der Waals surface area contributed by atoms with Crippen LogP contribution in [0.1, 0.15) is 52.9 Å². The fourth-order valence-corrected chi connectivity index (χ4v) is 2.25. The van der Waals surface area contributed by atoms with Crippen molar-refractivity contribution in [2.45, 2.75) is 52.9 Å². The van der Waals surface area contributed by atoms with E-state index >= 15 is 0 Å². The first kappa shape index (κ1) is 20.8. The van der Waals surface area contributed by atoms with E-state index in [1.165, 1.54) is 26.3 Å². The minimum atomic E-state index is -1.42. The minimum Gasteiger partial charge on any atom is -0.465 e. The summed E-state index contributed by atoms with van der Waals surface area (Å²) in [6.45, 7) is 5.37. The molecule has 0 radical (unpaired) electrons. The Bertz CT molecular complexity index is 570. The van der Waals surface area contributed by atoms with Crippen molar-refractivity contribution in [2.24, 2.45) is 5.41 Å². The number of hydrogen-bond acceptors (Lipinski definition) is 4. The molecule has 0 aliphatic carbocycles. The number of carbonyl (C=O) groups is 2. The summed E-state index contributed by atoms with van der Waals surface area (Å²) in [5.41, 5.74) is -1.42. The number of esters is 2. The predicted molar refractivity (Wildman–Crippen MR) is 95.6 cm³/mol. The number of halogens is 2.